The average molecular weight is 265 g/mol. The van der Waals surface area contributed by atoms with E-state index < -0.39 is 0 Å². The third-order valence-corrected chi connectivity index (χ3v) is 2.88. The molecule has 0 saturated heterocycles. The SMILES string of the molecule is C1=CC=CNC=C1.NCCCCCCCCCCN. The maximum Gasteiger partial charge on any atom is 0.000442 e. The molecule has 0 fully saturated rings. The van der Waals surface area contributed by atoms with Crippen molar-refractivity contribution >= 4 is 0 Å². The lowest BCUT2D eigenvalue weighted by Crippen LogP contribution is -1.98. The molecule has 0 aromatic rings. The molecule has 3 heteroatoms. The van der Waals surface area contributed by atoms with Crippen LogP contribution in [0, 0.1) is 0 Å². The zero-order chi connectivity index (χ0) is 14.0. The number of unbranched alkanes of at least 4 members (excludes halogenated alkanes) is 7. The van der Waals surface area contributed by atoms with E-state index in [1.165, 1.54) is 51.4 Å². The highest BCUT2D eigenvalue weighted by Gasteiger charge is 1.90. The molecule has 1 heterocycles. The van der Waals surface area contributed by atoms with Gasteiger partial charge in [-0.25, -0.2) is 0 Å². The minimum absolute atomic E-state index is 0.854. The third-order valence-electron chi connectivity index (χ3n) is 2.88. The van der Waals surface area contributed by atoms with Gasteiger partial charge in [-0.2, -0.15) is 0 Å². The molecule has 19 heavy (non-hydrogen) atoms. The fourth-order valence-corrected chi connectivity index (χ4v) is 1.76. The molecule has 3 nitrogen and oxygen atoms in total. The topological polar surface area (TPSA) is 64.1 Å². The number of rotatable bonds is 9. The van der Waals surface area contributed by atoms with E-state index in [0.717, 1.165) is 13.1 Å². The predicted octanol–water partition coefficient (Wildman–Crippen LogP) is 3.20. The van der Waals surface area contributed by atoms with Crippen molar-refractivity contribution in [3.63, 3.8) is 0 Å². The van der Waals surface area contributed by atoms with Gasteiger partial charge in [0.1, 0.15) is 0 Å². The smallest absolute Gasteiger partial charge is 0.000442 e. The van der Waals surface area contributed by atoms with Crippen LogP contribution in [0.2, 0.25) is 0 Å². The van der Waals surface area contributed by atoms with E-state index in [1.54, 1.807) is 0 Å². The molecule has 0 unspecified atom stereocenters. The molecule has 0 spiro atoms. The van der Waals surface area contributed by atoms with Gasteiger partial charge < -0.3 is 16.8 Å². The number of nitrogens with one attached hydrogen (secondary N) is 1. The maximum absolute atomic E-state index is 5.40. The van der Waals surface area contributed by atoms with Crippen LogP contribution in [0.25, 0.3) is 0 Å². The minimum Gasteiger partial charge on any atom is -0.368 e. The monoisotopic (exact) mass is 265 g/mol. The van der Waals surface area contributed by atoms with Crippen molar-refractivity contribution in [2.24, 2.45) is 11.5 Å². The second-order valence-electron chi connectivity index (χ2n) is 4.68. The van der Waals surface area contributed by atoms with Crippen LogP contribution in [0.3, 0.4) is 0 Å². The first kappa shape index (κ1) is 17.9. The van der Waals surface area contributed by atoms with Gasteiger partial charge in [0.05, 0.1) is 0 Å². The Balaban J connectivity index is 0.000000388. The van der Waals surface area contributed by atoms with Crippen molar-refractivity contribution in [1.29, 1.82) is 0 Å². The highest BCUT2D eigenvalue weighted by molar-refractivity contribution is 5.14. The van der Waals surface area contributed by atoms with Crippen LogP contribution in [0.5, 0.6) is 0 Å². The van der Waals surface area contributed by atoms with E-state index >= 15 is 0 Å². The molecule has 5 N–H and O–H groups in total. The van der Waals surface area contributed by atoms with Crippen LogP contribution in [-0.4, -0.2) is 13.1 Å². The first-order chi connectivity index (χ1) is 9.41. The molecule has 0 radical (unpaired) electrons. The van der Waals surface area contributed by atoms with Crippen molar-refractivity contribution in [2.75, 3.05) is 13.1 Å². The molecule has 0 bridgehead atoms. The Kier molecular flexibility index (Phi) is 16.0. The first-order valence-electron chi connectivity index (χ1n) is 7.56. The van der Waals surface area contributed by atoms with Crippen molar-refractivity contribution in [3.8, 4) is 0 Å². The van der Waals surface area contributed by atoms with Gasteiger partial charge in [-0.05, 0) is 38.1 Å². The van der Waals surface area contributed by atoms with Gasteiger partial charge in [0.25, 0.3) is 0 Å². The average Bonchev–Trinajstić information content (AvgIpc) is 2.75. The lowest BCUT2D eigenvalue weighted by atomic mass is 10.1. The van der Waals surface area contributed by atoms with E-state index in [0.29, 0.717) is 0 Å². The van der Waals surface area contributed by atoms with Crippen molar-refractivity contribution in [2.45, 2.75) is 51.4 Å². The van der Waals surface area contributed by atoms with Crippen molar-refractivity contribution in [3.05, 3.63) is 36.7 Å². The first-order valence-corrected chi connectivity index (χ1v) is 7.56. The summed E-state index contributed by atoms with van der Waals surface area (Å²) in [7, 11) is 0. The zero-order valence-electron chi connectivity index (χ0n) is 12.2. The number of hydrogen-bond acceptors (Lipinski definition) is 3. The molecule has 1 rings (SSSR count). The van der Waals surface area contributed by atoms with Gasteiger partial charge in [0.2, 0.25) is 0 Å². The summed E-state index contributed by atoms with van der Waals surface area (Å²) in [5, 5.41) is 2.92. The Hall–Kier alpha value is -1.06. The third kappa shape index (κ3) is 16.9. The molecule has 0 aromatic carbocycles. The van der Waals surface area contributed by atoms with Crippen LogP contribution in [0.15, 0.2) is 36.7 Å². The van der Waals surface area contributed by atoms with Gasteiger partial charge in [-0.15, -0.1) is 0 Å². The number of hydrogen-bond donors (Lipinski definition) is 3. The molecule has 0 aliphatic carbocycles. The normalized spacial score (nSPS) is 12.5. The molecule has 0 saturated carbocycles. The minimum atomic E-state index is 0.854. The highest BCUT2D eigenvalue weighted by Crippen LogP contribution is 2.07. The fourth-order valence-electron chi connectivity index (χ4n) is 1.76. The Labute approximate surface area is 118 Å². The van der Waals surface area contributed by atoms with Crippen LogP contribution in [-0.2, 0) is 0 Å². The van der Waals surface area contributed by atoms with Gasteiger partial charge in [0.15, 0.2) is 0 Å². The van der Waals surface area contributed by atoms with Gasteiger partial charge in [-0.1, -0.05) is 50.7 Å². The molecule has 0 atom stereocenters. The summed E-state index contributed by atoms with van der Waals surface area (Å²) in [4.78, 5) is 0. The molecule has 0 aromatic heterocycles. The second-order valence-corrected chi connectivity index (χ2v) is 4.68. The number of nitrogens with two attached hydrogens (primary N) is 2. The van der Waals surface area contributed by atoms with Crippen LogP contribution in [0.1, 0.15) is 51.4 Å². The van der Waals surface area contributed by atoms with E-state index in [1.807, 2.05) is 36.7 Å². The molecule has 1 aliphatic heterocycles. The molecule has 0 amide bonds. The Morgan fingerprint density at radius 1 is 0.526 bits per heavy atom. The van der Waals surface area contributed by atoms with E-state index in [-0.39, 0.29) is 0 Å². The fraction of sp³-hybridized carbons (Fsp3) is 0.625. The summed E-state index contributed by atoms with van der Waals surface area (Å²) in [6.07, 6.45) is 22.1. The lowest BCUT2D eigenvalue weighted by molar-refractivity contribution is 0.572. The summed E-state index contributed by atoms with van der Waals surface area (Å²) in [5.74, 6) is 0. The summed E-state index contributed by atoms with van der Waals surface area (Å²) < 4.78 is 0. The van der Waals surface area contributed by atoms with Gasteiger partial charge in [-0.3, -0.25) is 0 Å². The summed E-state index contributed by atoms with van der Waals surface area (Å²) in [5.41, 5.74) is 10.8. The summed E-state index contributed by atoms with van der Waals surface area (Å²) in [6, 6.07) is 0. The molecular weight excluding hydrogens is 234 g/mol. The highest BCUT2D eigenvalue weighted by atomic mass is 14.8. The largest absolute Gasteiger partial charge is 0.368 e. The zero-order valence-corrected chi connectivity index (χ0v) is 12.2. The molecule has 1 aliphatic rings. The van der Waals surface area contributed by atoms with Gasteiger partial charge in [0, 0.05) is 12.4 Å². The van der Waals surface area contributed by atoms with Crippen molar-refractivity contribution < 1.29 is 0 Å². The summed E-state index contributed by atoms with van der Waals surface area (Å²) in [6.45, 7) is 1.71. The lowest BCUT2D eigenvalue weighted by Gasteiger charge is -2.00. The summed E-state index contributed by atoms with van der Waals surface area (Å²) >= 11 is 0. The van der Waals surface area contributed by atoms with E-state index in [9.17, 15) is 0 Å². The quantitative estimate of drug-likeness (QED) is 0.561. The van der Waals surface area contributed by atoms with Gasteiger partial charge >= 0.3 is 0 Å². The molecular formula is C16H31N3. The Morgan fingerprint density at radius 2 is 0.895 bits per heavy atom. The van der Waals surface area contributed by atoms with Crippen molar-refractivity contribution in [1.82, 2.24) is 5.32 Å². The Bertz CT molecular complexity index is 220. The van der Waals surface area contributed by atoms with Crippen LogP contribution in [0.4, 0.5) is 0 Å². The standard InChI is InChI=1S/C10H24N2.C6H7N/c11-9-7-5-3-1-2-4-6-8-10-12;1-2-4-6-7-5-3-1/h1-12H2;1-7H. The van der Waals surface area contributed by atoms with Crippen LogP contribution < -0.4 is 16.8 Å². The van der Waals surface area contributed by atoms with Crippen LogP contribution >= 0.6 is 0 Å². The van der Waals surface area contributed by atoms with E-state index in [2.05, 4.69) is 5.32 Å². The van der Waals surface area contributed by atoms with E-state index in [4.69, 9.17) is 11.5 Å². The second kappa shape index (κ2) is 16.9. The number of allylic oxidation sites excluding steroid dienone is 4. The Morgan fingerprint density at radius 3 is 1.26 bits per heavy atom. The molecule has 110 valence electrons. The maximum atomic E-state index is 5.40. The predicted molar refractivity (Wildman–Crippen MR) is 85.6 cm³/mol.